The van der Waals surface area contributed by atoms with Crippen molar-refractivity contribution >= 4 is 22.4 Å². The van der Waals surface area contributed by atoms with Gasteiger partial charge in [0.25, 0.3) is 0 Å². The molecule has 5 nitrogen and oxygen atoms in total. The van der Waals surface area contributed by atoms with Gasteiger partial charge >= 0.3 is 0 Å². The van der Waals surface area contributed by atoms with E-state index in [1.165, 1.54) is 6.07 Å². The molecule has 23 heavy (non-hydrogen) atoms. The number of aromatic nitrogens is 3. The third-order valence-corrected chi connectivity index (χ3v) is 3.71. The van der Waals surface area contributed by atoms with Gasteiger partial charge in [-0.15, -0.1) is 0 Å². The van der Waals surface area contributed by atoms with Crippen molar-refractivity contribution in [1.29, 1.82) is 0 Å². The summed E-state index contributed by atoms with van der Waals surface area (Å²) in [6.07, 6.45) is 1.67. The van der Waals surface area contributed by atoms with Crippen LogP contribution in [0.15, 0.2) is 30.5 Å². The van der Waals surface area contributed by atoms with Crippen LogP contribution in [-0.2, 0) is 4.74 Å². The van der Waals surface area contributed by atoms with Crippen molar-refractivity contribution in [2.75, 3.05) is 20.3 Å². The van der Waals surface area contributed by atoms with Gasteiger partial charge in [-0.2, -0.15) is 5.10 Å². The zero-order valence-corrected chi connectivity index (χ0v) is 13.5. The number of halogens is 2. The molecule has 0 amide bonds. The quantitative estimate of drug-likeness (QED) is 0.528. The molecule has 7 heteroatoms. The minimum Gasteiger partial charge on any atom is -0.488 e. The summed E-state index contributed by atoms with van der Waals surface area (Å²) < 4.78 is 26.1. The van der Waals surface area contributed by atoms with E-state index in [0.29, 0.717) is 23.2 Å². The zero-order chi connectivity index (χ0) is 16.4. The first-order valence-electron chi connectivity index (χ1n) is 7.02. The third-order valence-electron chi connectivity index (χ3n) is 3.42. The number of pyridine rings is 1. The van der Waals surface area contributed by atoms with E-state index in [9.17, 15) is 4.39 Å². The highest BCUT2D eigenvalue weighted by Crippen LogP contribution is 2.30. The maximum Gasteiger partial charge on any atom is 0.165 e. The standard InChI is InChI=1S/C16H15ClFN3O2/c1-10-3-4-19-21(10)15-8-11-7-13(18)14(23-6-5-22-2)9-12(11)16(17)20-15/h3-4,7-9H,5-6H2,1-2H3. The molecule has 0 saturated carbocycles. The fourth-order valence-corrected chi connectivity index (χ4v) is 2.51. The van der Waals surface area contributed by atoms with Gasteiger partial charge in [0.1, 0.15) is 11.8 Å². The molecule has 0 bridgehead atoms. The first-order chi connectivity index (χ1) is 11.1. The van der Waals surface area contributed by atoms with E-state index in [1.54, 1.807) is 30.1 Å². The lowest BCUT2D eigenvalue weighted by Gasteiger charge is -2.11. The maximum atomic E-state index is 14.2. The number of methoxy groups -OCH3 is 1. The molecular weight excluding hydrogens is 321 g/mol. The van der Waals surface area contributed by atoms with Crippen molar-refractivity contribution in [2.24, 2.45) is 0 Å². The van der Waals surface area contributed by atoms with E-state index >= 15 is 0 Å². The number of nitrogens with zero attached hydrogens (tertiary/aromatic N) is 3. The minimum atomic E-state index is -0.459. The van der Waals surface area contributed by atoms with Gasteiger partial charge < -0.3 is 9.47 Å². The largest absolute Gasteiger partial charge is 0.488 e. The van der Waals surface area contributed by atoms with Gasteiger partial charge in [0.15, 0.2) is 17.4 Å². The predicted molar refractivity (Wildman–Crippen MR) is 85.9 cm³/mol. The topological polar surface area (TPSA) is 49.2 Å². The fraction of sp³-hybridized carbons (Fsp3) is 0.250. The van der Waals surface area contributed by atoms with Crippen molar-refractivity contribution in [1.82, 2.24) is 14.8 Å². The van der Waals surface area contributed by atoms with Gasteiger partial charge in [-0.05, 0) is 36.6 Å². The van der Waals surface area contributed by atoms with E-state index in [0.717, 1.165) is 5.69 Å². The molecule has 0 spiro atoms. The van der Waals surface area contributed by atoms with E-state index in [1.807, 2.05) is 13.0 Å². The van der Waals surface area contributed by atoms with Gasteiger partial charge in [-0.25, -0.2) is 14.1 Å². The van der Waals surface area contributed by atoms with Crippen molar-refractivity contribution in [3.05, 3.63) is 47.1 Å². The molecule has 0 aliphatic rings. The van der Waals surface area contributed by atoms with Crippen LogP contribution in [0, 0.1) is 12.7 Å². The Kier molecular flexibility index (Phi) is 4.45. The Morgan fingerprint density at radius 1 is 1.26 bits per heavy atom. The number of aryl methyl sites for hydroxylation is 1. The van der Waals surface area contributed by atoms with Gasteiger partial charge in [0, 0.05) is 24.4 Å². The van der Waals surface area contributed by atoms with Crippen molar-refractivity contribution in [2.45, 2.75) is 6.92 Å². The Labute approximate surface area is 137 Å². The number of hydrogen-bond acceptors (Lipinski definition) is 4. The summed E-state index contributed by atoms with van der Waals surface area (Å²) in [7, 11) is 1.56. The Balaban J connectivity index is 2.05. The zero-order valence-electron chi connectivity index (χ0n) is 12.7. The monoisotopic (exact) mass is 335 g/mol. The molecular formula is C16H15ClFN3O2. The summed E-state index contributed by atoms with van der Waals surface area (Å²) in [5, 5.41) is 5.71. The van der Waals surface area contributed by atoms with Crippen LogP contribution in [0.4, 0.5) is 4.39 Å². The van der Waals surface area contributed by atoms with Crippen molar-refractivity contribution in [3.8, 4) is 11.6 Å². The molecule has 0 atom stereocenters. The molecule has 0 radical (unpaired) electrons. The molecule has 120 valence electrons. The van der Waals surface area contributed by atoms with Crippen LogP contribution >= 0.6 is 11.6 Å². The number of ether oxygens (including phenoxy) is 2. The first-order valence-corrected chi connectivity index (χ1v) is 7.40. The Morgan fingerprint density at radius 2 is 2.09 bits per heavy atom. The highest BCUT2D eigenvalue weighted by atomic mass is 35.5. The smallest absolute Gasteiger partial charge is 0.165 e. The second-order valence-corrected chi connectivity index (χ2v) is 5.36. The molecule has 3 aromatic rings. The normalized spacial score (nSPS) is 11.1. The summed E-state index contributed by atoms with van der Waals surface area (Å²) in [6.45, 7) is 2.54. The molecule has 0 aliphatic heterocycles. The van der Waals surface area contributed by atoms with Crippen molar-refractivity contribution in [3.63, 3.8) is 0 Å². The number of hydrogen-bond donors (Lipinski definition) is 0. The second-order valence-electron chi connectivity index (χ2n) is 5.00. The van der Waals surface area contributed by atoms with Gasteiger partial charge in [0.05, 0.1) is 6.61 Å². The Morgan fingerprint density at radius 3 is 2.78 bits per heavy atom. The summed E-state index contributed by atoms with van der Waals surface area (Å²) >= 11 is 6.26. The lowest BCUT2D eigenvalue weighted by atomic mass is 10.1. The molecule has 0 saturated heterocycles. The molecule has 0 N–H and O–H groups in total. The Bertz CT molecular complexity index is 851. The highest BCUT2D eigenvalue weighted by molar-refractivity contribution is 6.34. The van der Waals surface area contributed by atoms with E-state index < -0.39 is 5.82 Å². The summed E-state index contributed by atoms with van der Waals surface area (Å²) in [6, 6.07) is 6.53. The third kappa shape index (κ3) is 3.13. The second kappa shape index (κ2) is 6.52. The minimum absolute atomic E-state index is 0.126. The molecule has 0 aliphatic carbocycles. The lowest BCUT2D eigenvalue weighted by Crippen LogP contribution is -2.06. The molecule has 2 aromatic heterocycles. The highest BCUT2D eigenvalue weighted by Gasteiger charge is 2.12. The molecule has 3 rings (SSSR count). The number of benzene rings is 1. The maximum absolute atomic E-state index is 14.2. The fourth-order valence-electron chi connectivity index (χ4n) is 2.26. The Hall–Kier alpha value is -2.18. The predicted octanol–water partition coefficient (Wildman–Crippen LogP) is 3.55. The van der Waals surface area contributed by atoms with E-state index in [-0.39, 0.29) is 17.5 Å². The van der Waals surface area contributed by atoms with Crippen LogP contribution in [-0.4, -0.2) is 35.1 Å². The van der Waals surface area contributed by atoms with Crippen LogP contribution < -0.4 is 4.74 Å². The summed E-state index contributed by atoms with van der Waals surface area (Å²) in [5.41, 5.74) is 0.910. The summed E-state index contributed by atoms with van der Waals surface area (Å²) in [4.78, 5) is 4.34. The van der Waals surface area contributed by atoms with E-state index in [2.05, 4.69) is 10.1 Å². The average Bonchev–Trinajstić information content (AvgIpc) is 2.94. The summed E-state index contributed by atoms with van der Waals surface area (Å²) in [5.74, 6) is 0.206. The van der Waals surface area contributed by atoms with Crippen LogP contribution in [0.1, 0.15) is 5.69 Å². The molecule has 1 aromatic carbocycles. The van der Waals surface area contributed by atoms with E-state index in [4.69, 9.17) is 21.1 Å². The van der Waals surface area contributed by atoms with Crippen molar-refractivity contribution < 1.29 is 13.9 Å². The molecule has 0 unspecified atom stereocenters. The number of rotatable bonds is 5. The van der Waals surface area contributed by atoms with Gasteiger partial charge in [-0.1, -0.05) is 11.6 Å². The van der Waals surface area contributed by atoms with Crippen LogP contribution in [0.25, 0.3) is 16.6 Å². The van der Waals surface area contributed by atoms with Crippen LogP contribution in [0.3, 0.4) is 0 Å². The van der Waals surface area contributed by atoms with Crippen LogP contribution in [0.5, 0.6) is 5.75 Å². The molecule has 0 fully saturated rings. The SMILES string of the molecule is COCCOc1cc2c(Cl)nc(-n3nccc3C)cc2cc1F. The van der Waals surface area contributed by atoms with Crippen LogP contribution in [0.2, 0.25) is 5.15 Å². The molecule has 2 heterocycles. The number of fused-ring (bicyclic) bond motifs is 1. The average molecular weight is 336 g/mol. The van der Waals surface area contributed by atoms with Gasteiger partial charge in [0.2, 0.25) is 0 Å². The lowest BCUT2D eigenvalue weighted by molar-refractivity contribution is 0.144. The first kappa shape index (κ1) is 15.7. The van der Waals surface area contributed by atoms with Gasteiger partial charge in [-0.3, -0.25) is 0 Å².